The molecule has 212 valence electrons. The molecule has 1 fully saturated rings. The number of nitrogens with one attached hydrogen (secondary N) is 1. The van der Waals surface area contributed by atoms with E-state index in [0.717, 1.165) is 39.1 Å². The number of nitrogens with zero attached hydrogens (tertiary/aromatic N) is 3. The summed E-state index contributed by atoms with van der Waals surface area (Å²) in [6, 6.07) is 26.0. The molecule has 1 N–H and O–H groups in total. The Kier molecular flexibility index (Phi) is 8.86. The fraction of sp³-hybridized carbons (Fsp3) is 0.312. The van der Waals surface area contributed by atoms with Crippen LogP contribution in [0.4, 0.5) is 11.4 Å². The Morgan fingerprint density at radius 3 is 2.10 bits per heavy atom. The smallest absolute Gasteiger partial charge is 0.397 e. The Morgan fingerprint density at radius 1 is 0.854 bits per heavy atom. The number of benzene rings is 3. The number of ether oxygens (including phenoxy) is 1. The van der Waals surface area contributed by atoms with Crippen LogP contribution in [-0.4, -0.2) is 79.2 Å². The Labute approximate surface area is 239 Å². The number of amides is 2. The zero-order valence-electron chi connectivity index (χ0n) is 23.1. The molecule has 0 atom stereocenters. The van der Waals surface area contributed by atoms with Gasteiger partial charge in [0.05, 0.1) is 23.9 Å². The van der Waals surface area contributed by atoms with Crippen molar-refractivity contribution in [2.24, 2.45) is 0 Å². The van der Waals surface area contributed by atoms with Crippen LogP contribution in [0.5, 0.6) is 0 Å². The largest absolute Gasteiger partial charge is 0.459 e. The molecule has 2 heterocycles. The summed E-state index contributed by atoms with van der Waals surface area (Å²) in [5.41, 5.74) is 3.57. The zero-order chi connectivity index (χ0) is 28.8. The van der Waals surface area contributed by atoms with Crippen LogP contribution in [0.2, 0.25) is 0 Å². The summed E-state index contributed by atoms with van der Waals surface area (Å²) in [5, 5.41) is 2.42. The highest BCUT2D eigenvalue weighted by atomic mass is 16.5. The first-order valence-electron chi connectivity index (χ1n) is 14.0. The summed E-state index contributed by atoms with van der Waals surface area (Å²) in [4.78, 5) is 55.4. The van der Waals surface area contributed by atoms with E-state index in [1.165, 1.54) is 22.1 Å². The summed E-state index contributed by atoms with van der Waals surface area (Å²) in [7, 11) is 0. The SMILES string of the molecule is CCOC(=O)C(=O)Nc1ccc2c(c1)C(=O)C(=O)N2CCCN1CCN(C(c2ccccc2)c2ccccc2)CC1. The van der Waals surface area contributed by atoms with Crippen molar-refractivity contribution in [3.63, 3.8) is 0 Å². The number of hydrogen-bond acceptors (Lipinski definition) is 7. The molecule has 0 aromatic heterocycles. The van der Waals surface area contributed by atoms with Gasteiger partial charge in [-0.25, -0.2) is 4.79 Å². The van der Waals surface area contributed by atoms with E-state index < -0.39 is 23.6 Å². The minimum atomic E-state index is -1.01. The molecule has 0 bridgehead atoms. The van der Waals surface area contributed by atoms with E-state index in [1.807, 2.05) is 12.1 Å². The highest BCUT2D eigenvalue weighted by molar-refractivity contribution is 6.52. The van der Waals surface area contributed by atoms with Gasteiger partial charge in [-0.05, 0) is 49.2 Å². The van der Waals surface area contributed by atoms with Crippen LogP contribution in [-0.2, 0) is 19.1 Å². The summed E-state index contributed by atoms with van der Waals surface area (Å²) in [6.45, 7) is 6.62. The molecule has 3 aromatic rings. The quantitative estimate of drug-likeness (QED) is 0.319. The average Bonchev–Trinajstić information content (AvgIpc) is 3.23. The monoisotopic (exact) mass is 554 g/mol. The molecule has 1 saturated heterocycles. The molecule has 0 spiro atoms. The topological polar surface area (TPSA) is 99.3 Å². The first-order chi connectivity index (χ1) is 20.0. The second kappa shape index (κ2) is 12.9. The van der Waals surface area contributed by atoms with Crippen molar-refractivity contribution in [3.05, 3.63) is 95.6 Å². The van der Waals surface area contributed by atoms with Crippen LogP contribution in [0.15, 0.2) is 78.9 Å². The summed E-state index contributed by atoms with van der Waals surface area (Å²) < 4.78 is 4.69. The third-order valence-corrected chi connectivity index (χ3v) is 7.55. The maximum Gasteiger partial charge on any atom is 0.397 e. The zero-order valence-corrected chi connectivity index (χ0v) is 23.1. The van der Waals surface area contributed by atoms with Gasteiger partial charge in [-0.3, -0.25) is 19.3 Å². The molecule has 2 amide bonds. The van der Waals surface area contributed by atoms with Crippen LogP contribution in [0.25, 0.3) is 0 Å². The van der Waals surface area contributed by atoms with Crippen LogP contribution in [0.3, 0.4) is 0 Å². The van der Waals surface area contributed by atoms with Crippen molar-refractivity contribution < 1.29 is 23.9 Å². The van der Waals surface area contributed by atoms with Gasteiger partial charge in [-0.15, -0.1) is 0 Å². The second-order valence-corrected chi connectivity index (χ2v) is 10.1. The highest BCUT2D eigenvalue weighted by Crippen LogP contribution is 2.32. The van der Waals surface area contributed by atoms with E-state index >= 15 is 0 Å². The lowest BCUT2D eigenvalue weighted by atomic mass is 9.96. The number of Topliss-reactive ketones (excluding diaryl/α,β-unsaturated/α-hetero) is 1. The van der Waals surface area contributed by atoms with Crippen molar-refractivity contribution in [3.8, 4) is 0 Å². The average molecular weight is 555 g/mol. The van der Waals surface area contributed by atoms with Gasteiger partial charge in [-0.2, -0.15) is 0 Å². The lowest BCUT2D eigenvalue weighted by Gasteiger charge is -2.40. The Balaban J connectivity index is 1.16. The van der Waals surface area contributed by atoms with Gasteiger partial charge in [-0.1, -0.05) is 60.7 Å². The number of rotatable bonds is 9. The van der Waals surface area contributed by atoms with Crippen molar-refractivity contribution in [2.75, 3.05) is 56.1 Å². The van der Waals surface area contributed by atoms with Crippen molar-refractivity contribution in [1.29, 1.82) is 0 Å². The van der Waals surface area contributed by atoms with Crippen molar-refractivity contribution in [1.82, 2.24) is 9.80 Å². The van der Waals surface area contributed by atoms with Gasteiger partial charge in [0.15, 0.2) is 0 Å². The molecule has 9 heteroatoms. The molecular weight excluding hydrogens is 520 g/mol. The lowest BCUT2D eigenvalue weighted by molar-refractivity contribution is -0.152. The lowest BCUT2D eigenvalue weighted by Crippen LogP contribution is -2.48. The molecule has 2 aliphatic heterocycles. The summed E-state index contributed by atoms with van der Waals surface area (Å²) in [5.74, 6) is -3.13. The number of esters is 1. The van der Waals surface area contributed by atoms with Crippen molar-refractivity contribution in [2.45, 2.75) is 19.4 Å². The molecule has 9 nitrogen and oxygen atoms in total. The van der Waals surface area contributed by atoms with Gasteiger partial charge < -0.3 is 19.9 Å². The maximum atomic E-state index is 12.8. The highest BCUT2D eigenvalue weighted by Gasteiger charge is 2.36. The second-order valence-electron chi connectivity index (χ2n) is 10.1. The molecular formula is C32H34N4O5. The predicted octanol–water partition coefficient (Wildman–Crippen LogP) is 3.51. The molecule has 5 rings (SSSR count). The number of carbonyl (C=O) groups excluding carboxylic acids is 4. The maximum absolute atomic E-state index is 12.8. The third-order valence-electron chi connectivity index (χ3n) is 7.55. The molecule has 0 aliphatic carbocycles. The predicted molar refractivity (Wildman–Crippen MR) is 156 cm³/mol. The molecule has 41 heavy (non-hydrogen) atoms. The number of piperazine rings is 1. The van der Waals surface area contributed by atoms with Gasteiger partial charge in [0, 0.05) is 38.4 Å². The van der Waals surface area contributed by atoms with Gasteiger partial charge >= 0.3 is 11.9 Å². The first-order valence-corrected chi connectivity index (χ1v) is 14.0. The standard InChI is InChI=1S/C32H34N4O5/c1-2-41-32(40)30(38)33-25-14-15-27-26(22-25)29(37)31(39)36(27)17-9-16-34-18-20-35(21-19-34)28(23-10-5-3-6-11-23)24-12-7-4-8-13-24/h3-8,10-15,22,28H,2,9,16-21H2,1H3,(H,33,38). The fourth-order valence-corrected chi connectivity index (χ4v) is 5.56. The summed E-state index contributed by atoms with van der Waals surface area (Å²) >= 11 is 0. The molecule has 0 saturated carbocycles. The Hall–Kier alpha value is -4.34. The van der Waals surface area contributed by atoms with Crippen LogP contribution >= 0.6 is 0 Å². The minimum absolute atomic E-state index is 0.0793. The number of fused-ring (bicyclic) bond motifs is 1. The molecule has 0 radical (unpaired) electrons. The van der Waals surface area contributed by atoms with Crippen LogP contribution in [0, 0.1) is 0 Å². The minimum Gasteiger partial charge on any atom is -0.459 e. The van der Waals surface area contributed by atoms with E-state index in [2.05, 4.69) is 68.4 Å². The molecule has 2 aliphatic rings. The van der Waals surface area contributed by atoms with Gasteiger partial charge in [0.2, 0.25) is 0 Å². The third kappa shape index (κ3) is 6.37. The first kappa shape index (κ1) is 28.2. The van der Waals surface area contributed by atoms with E-state index in [-0.39, 0.29) is 23.9 Å². The fourth-order valence-electron chi connectivity index (χ4n) is 5.56. The normalized spacial score (nSPS) is 15.7. The summed E-state index contributed by atoms with van der Waals surface area (Å²) in [6.07, 6.45) is 0.723. The van der Waals surface area contributed by atoms with Crippen LogP contribution < -0.4 is 10.2 Å². The number of ketones is 1. The Bertz CT molecular complexity index is 1360. The van der Waals surface area contributed by atoms with Gasteiger partial charge in [0.25, 0.3) is 11.7 Å². The number of carbonyl (C=O) groups is 4. The molecule has 0 unspecified atom stereocenters. The van der Waals surface area contributed by atoms with Crippen molar-refractivity contribution >= 4 is 34.9 Å². The Morgan fingerprint density at radius 2 is 1.49 bits per heavy atom. The van der Waals surface area contributed by atoms with E-state index in [1.54, 1.807) is 19.1 Å². The number of hydrogen-bond donors (Lipinski definition) is 1. The number of anilines is 2. The van der Waals surface area contributed by atoms with E-state index in [0.29, 0.717) is 12.2 Å². The van der Waals surface area contributed by atoms with E-state index in [4.69, 9.17) is 0 Å². The van der Waals surface area contributed by atoms with Gasteiger partial charge in [0.1, 0.15) is 0 Å². The van der Waals surface area contributed by atoms with Crippen LogP contribution in [0.1, 0.15) is 40.9 Å². The molecule has 3 aromatic carbocycles. The van der Waals surface area contributed by atoms with E-state index in [9.17, 15) is 19.2 Å².